The Morgan fingerprint density at radius 2 is 2.12 bits per heavy atom. The molecule has 1 aliphatic carbocycles. The maximum Gasteiger partial charge on any atom is 0.332 e. The van der Waals surface area contributed by atoms with E-state index in [-0.39, 0.29) is 22.9 Å². The fourth-order valence-electron chi connectivity index (χ4n) is 1.61. The van der Waals surface area contributed by atoms with Crippen molar-refractivity contribution in [1.82, 2.24) is 9.13 Å². The molecule has 4 nitrogen and oxygen atoms in total. The van der Waals surface area contributed by atoms with Gasteiger partial charge in [0.1, 0.15) is 5.15 Å². The molecule has 0 atom stereocenters. The molecule has 0 unspecified atom stereocenters. The van der Waals surface area contributed by atoms with Crippen molar-refractivity contribution in [3.63, 3.8) is 0 Å². The van der Waals surface area contributed by atoms with Gasteiger partial charge in [-0.05, 0) is 18.8 Å². The van der Waals surface area contributed by atoms with E-state index >= 15 is 0 Å². The zero-order valence-electron chi connectivity index (χ0n) is 8.86. The molecule has 1 saturated carbocycles. The number of rotatable bonds is 4. The van der Waals surface area contributed by atoms with Gasteiger partial charge in [0.25, 0.3) is 5.56 Å². The van der Waals surface area contributed by atoms with Gasteiger partial charge in [-0.1, -0.05) is 17.7 Å². The van der Waals surface area contributed by atoms with E-state index < -0.39 is 0 Å². The lowest BCUT2D eigenvalue weighted by Gasteiger charge is -2.10. The normalized spacial score (nSPS) is 15.1. The zero-order chi connectivity index (χ0) is 11.7. The maximum atomic E-state index is 12.0. The molecule has 1 aromatic rings. The van der Waals surface area contributed by atoms with Gasteiger partial charge < -0.3 is 0 Å². The van der Waals surface area contributed by atoms with Gasteiger partial charge in [0.2, 0.25) is 0 Å². The second kappa shape index (κ2) is 4.29. The molecule has 0 radical (unpaired) electrons. The predicted molar refractivity (Wildman–Crippen MR) is 62.9 cm³/mol. The molecule has 16 heavy (non-hydrogen) atoms. The molecular weight excluding hydrogens is 228 g/mol. The Balaban J connectivity index is 2.49. The highest BCUT2D eigenvalue weighted by Gasteiger charge is 2.23. The van der Waals surface area contributed by atoms with Crippen molar-refractivity contribution >= 4 is 11.6 Å². The van der Waals surface area contributed by atoms with Gasteiger partial charge in [0.15, 0.2) is 0 Å². The van der Waals surface area contributed by atoms with Gasteiger partial charge in [-0.2, -0.15) is 0 Å². The molecule has 5 heteroatoms. The average molecular weight is 241 g/mol. The Labute approximate surface area is 97.8 Å². The summed E-state index contributed by atoms with van der Waals surface area (Å²) in [4.78, 5) is 23.5. The third-order valence-electron chi connectivity index (χ3n) is 2.68. The molecule has 1 aliphatic rings. The molecule has 0 bridgehead atoms. The van der Waals surface area contributed by atoms with Gasteiger partial charge in [0, 0.05) is 19.2 Å². The average Bonchev–Trinajstić information content (AvgIpc) is 3.03. The highest BCUT2D eigenvalue weighted by molar-refractivity contribution is 6.29. The summed E-state index contributed by atoms with van der Waals surface area (Å²) in [6.07, 6.45) is 3.78. The molecule has 0 saturated heterocycles. The second-order valence-corrected chi connectivity index (χ2v) is 4.43. The first-order valence-corrected chi connectivity index (χ1v) is 5.62. The minimum Gasteiger partial charge on any atom is -0.283 e. The van der Waals surface area contributed by atoms with Gasteiger partial charge in [-0.25, -0.2) is 4.79 Å². The number of allylic oxidation sites excluding steroid dienone is 1. The van der Waals surface area contributed by atoms with E-state index in [1.807, 2.05) is 0 Å². The van der Waals surface area contributed by atoms with Crippen LogP contribution in [0.1, 0.15) is 12.8 Å². The Kier molecular flexibility index (Phi) is 3.01. The standard InChI is InChI=1S/C11H13ClN2O2/c1-2-5-13-10(15)6-9(12)14(11(13)16)7-8-3-4-8/h2,6,8H,1,3-5,7H2. The molecule has 0 amide bonds. The van der Waals surface area contributed by atoms with Crippen molar-refractivity contribution in [2.75, 3.05) is 0 Å². The van der Waals surface area contributed by atoms with E-state index in [9.17, 15) is 9.59 Å². The van der Waals surface area contributed by atoms with Crippen molar-refractivity contribution < 1.29 is 0 Å². The van der Waals surface area contributed by atoms with E-state index in [2.05, 4.69) is 6.58 Å². The van der Waals surface area contributed by atoms with Crippen molar-refractivity contribution in [2.24, 2.45) is 5.92 Å². The van der Waals surface area contributed by atoms with E-state index in [1.54, 1.807) is 0 Å². The van der Waals surface area contributed by atoms with Crippen LogP contribution in [0.15, 0.2) is 28.3 Å². The van der Waals surface area contributed by atoms with Crippen molar-refractivity contribution in [2.45, 2.75) is 25.9 Å². The summed E-state index contributed by atoms with van der Waals surface area (Å²) in [5.74, 6) is 0.532. The first-order chi connectivity index (χ1) is 7.63. The summed E-state index contributed by atoms with van der Waals surface area (Å²) in [6, 6.07) is 1.29. The minimum atomic E-state index is -0.373. The molecule has 1 fully saturated rings. The number of nitrogens with zero attached hydrogens (tertiary/aromatic N) is 2. The van der Waals surface area contributed by atoms with E-state index in [4.69, 9.17) is 11.6 Å². The van der Waals surface area contributed by atoms with Gasteiger partial charge in [-0.15, -0.1) is 6.58 Å². The van der Waals surface area contributed by atoms with Crippen LogP contribution in [-0.2, 0) is 13.1 Å². The molecular formula is C11H13ClN2O2. The number of halogens is 1. The maximum absolute atomic E-state index is 12.0. The van der Waals surface area contributed by atoms with Crippen LogP contribution in [0.2, 0.25) is 5.15 Å². The monoisotopic (exact) mass is 240 g/mol. The van der Waals surface area contributed by atoms with Crippen LogP contribution in [0, 0.1) is 5.92 Å². The van der Waals surface area contributed by atoms with Crippen molar-refractivity contribution in [1.29, 1.82) is 0 Å². The first-order valence-electron chi connectivity index (χ1n) is 5.24. The topological polar surface area (TPSA) is 44.0 Å². The van der Waals surface area contributed by atoms with E-state index in [0.717, 1.165) is 17.4 Å². The summed E-state index contributed by atoms with van der Waals surface area (Å²) in [5.41, 5.74) is -0.716. The number of hydrogen-bond acceptors (Lipinski definition) is 2. The third-order valence-corrected chi connectivity index (χ3v) is 2.99. The first kappa shape index (κ1) is 11.2. The number of aromatic nitrogens is 2. The number of hydrogen-bond donors (Lipinski definition) is 0. The van der Waals surface area contributed by atoms with Crippen LogP contribution >= 0.6 is 11.6 Å². The summed E-state index contributed by atoms with van der Waals surface area (Å²) in [7, 11) is 0. The zero-order valence-corrected chi connectivity index (χ0v) is 9.61. The van der Waals surface area contributed by atoms with Crippen LogP contribution < -0.4 is 11.2 Å². The van der Waals surface area contributed by atoms with Crippen LogP contribution in [-0.4, -0.2) is 9.13 Å². The van der Waals surface area contributed by atoms with Crippen molar-refractivity contribution in [3.05, 3.63) is 44.7 Å². The largest absolute Gasteiger partial charge is 0.332 e. The summed E-state index contributed by atoms with van der Waals surface area (Å²) in [6.45, 7) is 4.35. The van der Waals surface area contributed by atoms with Crippen molar-refractivity contribution in [3.8, 4) is 0 Å². The predicted octanol–water partition coefficient (Wildman–Crippen LogP) is 1.26. The summed E-state index contributed by atoms with van der Waals surface area (Å²) in [5, 5.41) is 0.224. The molecule has 86 valence electrons. The van der Waals surface area contributed by atoms with Crippen LogP contribution in [0.3, 0.4) is 0 Å². The quantitative estimate of drug-likeness (QED) is 0.588. The van der Waals surface area contributed by atoms with Crippen LogP contribution in [0.25, 0.3) is 0 Å². The molecule has 0 N–H and O–H groups in total. The Bertz CT molecular complexity index is 526. The fraction of sp³-hybridized carbons (Fsp3) is 0.455. The Hall–Kier alpha value is -1.29. The minimum absolute atomic E-state index is 0.222. The molecule has 0 spiro atoms. The Morgan fingerprint density at radius 1 is 1.44 bits per heavy atom. The second-order valence-electron chi connectivity index (χ2n) is 4.04. The van der Waals surface area contributed by atoms with Gasteiger partial charge in [0.05, 0.1) is 0 Å². The summed E-state index contributed by atoms with van der Waals surface area (Å²) < 4.78 is 2.60. The molecule has 1 aromatic heterocycles. The SMILES string of the molecule is C=CCn1c(=O)cc(Cl)n(CC2CC2)c1=O. The van der Waals surface area contributed by atoms with Gasteiger partial charge >= 0.3 is 5.69 Å². The lowest BCUT2D eigenvalue weighted by atomic mass is 10.4. The van der Waals surface area contributed by atoms with Crippen LogP contribution in [0.4, 0.5) is 0 Å². The molecule has 1 heterocycles. The highest BCUT2D eigenvalue weighted by Crippen LogP contribution is 2.30. The summed E-state index contributed by atoms with van der Waals surface area (Å²) >= 11 is 5.90. The van der Waals surface area contributed by atoms with E-state index in [0.29, 0.717) is 12.5 Å². The fourth-order valence-corrected chi connectivity index (χ4v) is 1.84. The highest BCUT2D eigenvalue weighted by atomic mass is 35.5. The Morgan fingerprint density at radius 3 is 2.69 bits per heavy atom. The lowest BCUT2D eigenvalue weighted by molar-refractivity contribution is 0.548. The molecule has 0 aliphatic heterocycles. The van der Waals surface area contributed by atoms with E-state index in [1.165, 1.54) is 16.7 Å². The lowest BCUT2D eigenvalue weighted by Crippen LogP contribution is -2.39. The van der Waals surface area contributed by atoms with Gasteiger partial charge in [-0.3, -0.25) is 13.9 Å². The van der Waals surface area contributed by atoms with Crippen LogP contribution in [0.5, 0.6) is 0 Å². The third kappa shape index (κ3) is 2.11. The molecule has 2 rings (SSSR count). The smallest absolute Gasteiger partial charge is 0.283 e. The molecule has 0 aromatic carbocycles.